The Labute approximate surface area is 222 Å². The Morgan fingerprint density at radius 2 is 1.62 bits per heavy atom. The number of nitrogens with zero attached hydrogens (tertiary/aromatic N) is 2. The minimum atomic E-state index is -2.27. The Balaban J connectivity index is 1.47. The number of carbonyl (C=O) groups is 2. The van der Waals surface area contributed by atoms with E-state index in [9.17, 15) is 31.5 Å². The van der Waals surface area contributed by atoms with Crippen molar-refractivity contribution in [2.45, 2.75) is 18.3 Å². The first-order chi connectivity index (χ1) is 18.6. The molecule has 0 aliphatic carbocycles. The summed E-state index contributed by atoms with van der Waals surface area (Å²) in [6.45, 7) is 0.0491. The molecule has 0 fully saturated rings. The van der Waals surface area contributed by atoms with Crippen LogP contribution >= 0.6 is 11.8 Å². The molecule has 13 heteroatoms. The van der Waals surface area contributed by atoms with Gasteiger partial charge in [-0.1, -0.05) is 12.1 Å². The van der Waals surface area contributed by atoms with Crippen molar-refractivity contribution in [3.05, 3.63) is 82.9 Å². The van der Waals surface area contributed by atoms with Gasteiger partial charge in [-0.05, 0) is 42.5 Å². The third-order valence-corrected chi connectivity index (χ3v) is 6.77. The van der Waals surface area contributed by atoms with Gasteiger partial charge in [0.15, 0.2) is 0 Å². The number of ether oxygens (including phenoxy) is 2. The summed E-state index contributed by atoms with van der Waals surface area (Å²) in [5.74, 6) is -11.6. The van der Waals surface area contributed by atoms with Crippen molar-refractivity contribution >= 4 is 35.1 Å². The van der Waals surface area contributed by atoms with Crippen molar-refractivity contribution < 1.29 is 41.0 Å². The zero-order valence-corrected chi connectivity index (χ0v) is 21.3. The summed E-state index contributed by atoms with van der Waals surface area (Å²) in [6.07, 6.45) is 2.55. The number of benzene rings is 3. The summed E-state index contributed by atoms with van der Waals surface area (Å²) in [6, 6.07) is 11.1. The van der Waals surface area contributed by atoms with Crippen LogP contribution in [-0.4, -0.2) is 33.4 Å². The second-order valence-electron chi connectivity index (χ2n) is 8.23. The molecular weight excluding hydrogens is 545 g/mol. The maximum absolute atomic E-state index is 14.0. The molecule has 1 N–H and O–H groups in total. The molecule has 3 aromatic carbocycles. The number of imidazole rings is 1. The lowest BCUT2D eigenvalue weighted by Gasteiger charge is -2.13. The number of nitrogens with one attached hydrogen (secondary N) is 1. The van der Waals surface area contributed by atoms with E-state index in [0.717, 1.165) is 5.56 Å². The fourth-order valence-electron chi connectivity index (χ4n) is 3.72. The number of hydrogen-bond acceptors (Lipinski definition) is 6. The van der Waals surface area contributed by atoms with Crippen LogP contribution in [0.4, 0.5) is 22.0 Å². The predicted octanol–water partition coefficient (Wildman–Crippen LogP) is 5.19. The van der Waals surface area contributed by atoms with Gasteiger partial charge in [0.1, 0.15) is 23.9 Å². The second kappa shape index (κ2) is 11.7. The number of fused-ring (bicyclic) bond motifs is 1. The molecule has 204 valence electrons. The van der Waals surface area contributed by atoms with Crippen LogP contribution in [0.5, 0.6) is 17.2 Å². The van der Waals surface area contributed by atoms with E-state index in [0.29, 0.717) is 35.4 Å². The Morgan fingerprint density at radius 1 is 1.00 bits per heavy atom. The van der Waals surface area contributed by atoms with Gasteiger partial charge >= 0.3 is 0 Å². The average molecular weight is 566 g/mol. The lowest BCUT2D eigenvalue weighted by Crippen LogP contribution is -2.32. The molecule has 0 aliphatic heterocycles. The first kappa shape index (κ1) is 27.9. The van der Waals surface area contributed by atoms with Gasteiger partial charge in [0.05, 0.1) is 16.3 Å². The minimum Gasteiger partial charge on any atom is -0.486 e. The van der Waals surface area contributed by atoms with Gasteiger partial charge in [-0.3, -0.25) is 14.9 Å². The molecule has 0 bridgehead atoms. The number of hydrogen-bond donors (Lipinski definition) is 1. The van der Waals surface area contributed by atoms with E-state index in [-0.39, 0.29) is 18.3 Å². The molecule has 4 rings (SSSR count). The second-order valence-corrected chi connectivity index (χ2v) is 9.27. The topological polar surface area (TPSA) is 82.4 Å². The van der Waals surface area contributed by atoms with Gasteiger partial charge in [0, 0.05) is 13.1 Å². The van der Waals surface area contributed by atoms with Gasteiger partial charge in [-0.15, -0.1) is 0 Å². The number of imide groups is 1. The van der Waals surface area contributed by atoms with Crippen LogP contribution in [0, 0.1) is 29.1 Å². The van der Waals surface area contributed by atoms with E-state index in [1.807, 2.05) is 0 Å². The Kier molecular flexibility index (Phi) is 8.38. The highest BCUT2D eigenvalue weighted by Crippen LogP contribution is 2.34. The maximum Gasteiger partial charge on any atom is 0.239 e. The van der Waals surface area contributed by atoms with Crippen LogP contribution in [0.15, 0.2) is 42.5 Å². The van der Waals surface area contributed by atoms with Gasteiger partial charge in [0.2, 0.25) is 47.2 Å². The highest BCUT2D eigenvalue weighted by Gasteiger charge is 2.27. The zero-order valence-electron chi connectivity index (χ0n) is 20.4. The number of rotatable bonds is 10. The number of thioether (sulfide) groups is 1. The van der Waals surface area contributed by atoms with E-state index >= 15 is 0 Å². The summed E-state index contributed by atoms with van der Waals surface area (Å²) in [4.78, 5) is 26.9. The van der Waals surface area contributed by atoms with Crippen LogP contribution in [-0.2, 0) is 29.7 Å². The van der Waals surface area contributed by atoms with Crippen molar-refractivity contribution in [2.75, 3.05) is 6.26 Å². The summed E-state index contributed by atoms with van der Waals surface area (Å²) in [7, 11) is 1.66. The van der Waals surface area contributed by atoms with Crippen LogP contribution < -0.4 is 14.8 Å². The zero-order chi connectivity index (χ0) is 28.3. The Morgan fingerprint density at radius 3 is 2.23 bits per heavy atom. The highest BCUT2D eigenvalue weighted by atomic mass is 32.2. The molecule has 4 aromatic rings. The summed E-state index contributed by atoms with van der Waals surface area (Å²) in [5, 5.41) is 1.72. The summed E-state index contributed by atoms with van der Waals surface area (Å²) >= 11 is 1.32. The molecule has 0 radical (unpaired) electrons. The largest absolute Gasteiger partial charge is 0.486 e. The highest BCUT2D eigenvalue weighted by molar-refractivity contribution is 7.99. The van der Waals surface area contributed by atoms with Crippen molar-refractivity contribution in [1.82, 2.24) is 14.9 Å². The SMILES string of the molecule is CS[C@H](Cc1ccc(OCc2nc3ccc(Oc4c(F)c(F)c(F)c(F)c4F)cc3n2C)cc1)C(=O)NC=O. The molecule has 0 unspecified atom stereocenters. The van der Waals surface area contributed by atoms with Crippen molar-refractivity contribution in [1.29, 1.82) is 0 Å². The normalized spacial score (nSPS) is 11.9. The fourth-order valence-corrected chi connectivity index (χ4v) is 4.36. The lowest BCUT2D eigenvalue weighted by molar-refractivity contribution is -0.124. The monoisotopic (exact) mass is 565 g/mol. The molecular formula is C26H20F5N3O4S. The number of amides is 2. The third-order valence-electron chi connectivity index (χ3n) is 5.82. The van der Waals surface area contributed by atoms with Gasteiger partial charge < -0.3 is 14.0 Å². The van der Waals surface area contributed by atoms with Gasteiger partial charge in [-0.2, -0.15) is 20.5 Å². The smallest absolute Gasteiger partial charge is 0.239 e. The Hall–Kier alpha value is -4.13. The van der Waals surface area contributed by atoms with Crippen LogP contribution in [0.3, 0.4) is 0 Å². The molecule has 7 nitrogen and oxygen atoms in total. The number of carbonyl (C=O) groups excluding carboxylic acids is 2. The maximum atomic E-state index is 14.0. The third kappa shape index (κ3) is 5.82. The van der Waals surface area contributed by atoms with E-state index < -0.39 is 40.1 Å². The molecule has 2 amide bonds. The molecule has 1 heterocycles. The molecule has 0 saturated carbocycles. The first-order valence-electron chi connectivity index (χ1n) is 11.3. The standard InChI is InChI=1S/C26H20F5N3O4S/c1-34-17-10-15(38-25-23(30)21(28)20(27)22(29)24(25)31)7-8-16(17)33-19(34)11-37-14-5-3-13(4-6-14)9-18(39-2)26(36)32-12-35/h3-8,10,12,18H,9,11H2,1-2H3,(H,32,35,36)/t18-/m1/s1. The van der Waals surface area contributed by atoms with Crippen LogP contribution in [0.1, 0.15) is 11.4 Å². The molecule has 0 saturated heterocycles. The van der Waals surface area contributed by atoms with Crippen LogP contribution in [0.2, 0.25) is 0 Å². The summed E-state index contributed by atoms with van der Waals surface area (Å²) < 4.78 is 80.8. The molecule has 1 aromatic heterocycles. The molecule has 1 atom stereocenters. The average Bonchev–Trinajstić information content (AvgIpc) is 3.26. The van der Waals surface area contributed by atoms with E-state index in [1.165, 1.54) is 30.0 Å². The molecule has 0 aliphatic rings. The molecule has 39 heavy (non-hydrogen) atoms. The van der Waals surface area contributed by atoms with Gasteiger partial charge in [-0.25, -0.2) is 18.2 Å². The van der Waals surface area contributed by atoms with E-state index in [2.05, 4.69) is 10.3 Å². The number of aryl methyl sites for hydroxylation is 1. The fraction of sp³-hybridized carbons (Fsp3) is 0.192. The predicted molar refractivity (Wildman–Crippen MR) is 133 cm³/mol. The Bertz CT molecular complexity index is 1520. The van der Waals surface area contributed by atoms with Crippen LogP contribution in [0.25, 0.3) is 11.0 Å². The lowest BCUT2D eigenvalue weighted by atomic mass is 10.1. The molecule has 0 spiro atoms. The van der Waals surface area contributed by atoms with Crippen molar-refractivity contribution in [2.24, 2.45) is 7.05 Å². The number of halogens is 5. The quantitative estimate of drug-likeness (QED) is 0.123. The van der Waals surface area contributed by atoms with E-state index in [1.54, 1.807) is 42.1 Å². The summed E-state index contributed by atoms with van der Waals surface area (Å²) in [5.41, 5.74) is 1.81. The minimum absolute atomic E-state index is 0.0491. The van der Waals surface area contributed by atoms with Crippen molar-refractivity contribution in [3.8, 4) is 17.2 Å². The van der Waals surface area contributed by atoms with Crippen molar-refractivity contribution in [3.63, 3.8) is 0 Å². The first-order valence-corrected chi connectivity index (χ1v) is 12.6. The van der Waals surface area contributed by atoms with E-state index in [4.69, 9.17) is 9.47 Å². The van der Waals surface area contributed by atoms with Gasteiger partial charge in [0.25, 0.3) is 0 Å². The number of aromatic nitrogens is 2.